The Morgan fingerprint density at radius 3 is 2.95 bits per heavy atom. The van der Waals surface area contributed by atoms with Crippen molar-refractivity contribution in [3.05, 3.63) is 53.0 Å². The fourth-order valence-corrected chi connectivity index (χ4v) is 3.94. The van der Waals surface area contributed by atoms with Gasteiger partial charge in [0.15, 0.2) is 0 Å². The second kappa shape index (κ2) is 6.58. The summed E-state index contributed by atoms with van der Waals surface area (Å²) in [6.07, 6.45) is 2.08. The third-order valence-electron chi connectivity index (χ3n) is 3.57. The Hall–Kier alpha value is -1.72. The number of thiophene rings is 1. The summed E-state index contributed by atoms with van der Waals surface area (Å²) in [6, 6.07) is 12.1. The van der Waals surface area contributed by atoms with Gasteiger partial charge in [-0.2, -0.15) is 11.8 Å². The fraction of sp³-hybridized carbons (Fsp3) is 0.235. The number of aromatic nitrogens is 1. The fourth-order valence-electron chi connectivity index (χ4n) is 2.61. The van der Waals surface area contributed by atoms with E-state index in [1.54, 1.807) is 23.1 Å². The van der Waals surface area contributed by atoms with E-state index in [2.05, 4.69) is 40.6 Å². The van der Waals surface area contributed by atoms with Gasteiger partial charge in [-0.15, -0.1) is 11.3 Å². The number of nitrogens with one attached hydrogen (secondary N) is 1. The van der Waals surface area contributed by atoms with E-state index in [4.69, 9.17) is 0 Å². The number of amides is 1. The molecule has 22 heavy (non-hydrogen) atoms. The molecule has 0 bridgehead atoms. The summed E-state index contributed by atoms with van der Waals surface area (Å²) in [7, 11) is 0. The molecule has 5 heteroatoms. The first-order chi connectivity index (χ1) is 10.7. The maximum Gasteiger partial charge on any atom is 0.272 e. The van der Waals surface area contributed by atoms with Crippen molar-refractivity contribution >= 4 is 44.9 Å². The Bertz CT molecular complexity index is 804. The largest absolute Gasteiger partial charge is 0.336 e. The topological polar surface area (TPSA) is 34.0 Å². The lowest BCUT2D eigenvalue weighted by Crippen LogP contribution is -2.16. The Labute approximate surface area is 138 Å². The number of rotatable bonds is 5. The summed E-state index contributed by atoms with van der Waals surface area (Å²) in [5.41, 5.74) is 3.93. The van der Waals surface area contributed by atoms with Gasteiger partial charge in [-0.1, -0.05) is 12.1 Å². The monoisotopic (exact) mass is 330 g/mol. The van der Waals surface area contributed by atoms with Gasteiger partial charge in [0, 0.05) is 18.0 Å². The van der Waals surface area contributed by atoms with Gasteiger partial charge in [0.2, 0.25) is 0 Å². The van der Waals surface area contributed by atoms with E-state index in [9.17, 15) is 4.79 Å². The molecule has 0 spiro atoms. The molecule has 0 aliphatic heterocycles. The van der Waals surface area contributed by atoms with E-state index in [0.717, 1.165) is 33.9 Å². The summed E-state index contributed by atoms with van der Waals surface area (Å²) in [4.78, 5) is 12.6. The average Bonchev–Trinajstić information content (AvgIpc) is 3.08. The number of carbonyl (C=O) groups excluding carboxylic acids is 1. The van der Waals surface area contributed by atoms with E-state index in [-0.39, 0.29) is 5.91 Å². The molecule has 0 aliphatic carbocycles. The summed E-state index contributed by atoms with van der Waals surface area (Å²) < 4.78 is 3.22. The first-order valence-corrected chi connectivity index (χ1v) is 9.46. The Morgan fingerprint density at radius 1 is 1.32 bits per heavy atom. The zero-order valence-corrected chi connectivity index (χ0v) is 14.3. The second-order valence-electron chi connectivity index (χ2n) is 5.03. The second-order valence-corrected chi connectivity index (χ2v) is 6.85. The zero-order valence-electron chi connectivity index (χ0n) is 12.6. The molecule has 2 aromatic heterocycles. The molecule has 2 heterocycles. The van der Waals surface area contributed by atoms with E-state index >= 15 is 0 Å². The summed E-state index contributed by atoms with van der Waals surface area (Å²) in [5.74, 6) is 0.900. The number of thioether (sulfide) groups is 1. The average molecular weight is 330 g/mol. The maximum absolute atomic E-state index is 12.6. The van der Waals surface area contributed by atoms with Crippen LogP contribution >= 0.6 is 23.1 Å². The van der Waals surface area contributed by atoms with Crippen LogP contribution in [0.5, 0.6) is 0 Å². The first kappa shape index (κ1) is 15.2. The molecular weight excluding hydrogens is 312 g/mol. The summed E-state index contributed by atoms with van der Waals surface area (Å²) in [6.45, 7) is 2.85. The Kier molecular flexibility index (Phi) is 4.55. The molecule has 0 saturated carbocycles. The normalized spacial score (nSPS) is 11.0. The number of nitrogens with zero attached hydrogens (tertiary/aromatic N) is 1. The van der Waals surface area contributed by atoms with Crippen LogP contribution in [-0.2, 0) is 12.3 Å². The van der Waals surface area contributed by atoms with Crippen molar-refractivity contribution in [2.24, 2.45) is 0 Å². The van der Waals surface area contributed by atoms with Crippen molar-refractivity contribution in [1.29, 1.82) is 0 Å². The van der Waals surface area contributed by atoms with Crippen molar-refractivity contribution in [3.8, 4) is 0 Å². The molecule has 1 aromatic carbocycles. The number of benzene rings is 1. The highest BCUT2D eigenvalue weighted by Crippen LogP contribution is 2.26. The number of hydrogen-bond acceptors (Lipinski definition) is 3. The predicted octanol–water partition coefficient (Wildman–Crippen LogP) is 4.84. The maximum atomic E-state index is 12.6. The summed E-state index contributed by atoms with van der Waals surface area (Å²) >= 11 is 3.44. The SMILES string of the molecule is CCn1c(C(=O)Nc2cccc(CSC)c2)cc2sccc21. The van der Waals surface area contributed by atoms with Gasteiger partial charge in [0.05, 0.1) is 10.2 Å². The van der Waals surface area contributed by atoms with Crippen molar-refractivity contribution in [3.63, 3.8) is 0 Å². The molecular formula is C17H18N2OS2. The predicted molar refractivity (Wildman–Crippen MR) is 97.1 cm³/mol. The molecule has 0 unspecified atom stereocenters. The van der Waals surface area contributed by atoms with Gasteiger partial charge >= 0.3 is 0 Å². The Morgan fingerprint density at radius 2 is 2.18 bits per heavy atom. The van der Waals surface area contributed by atoms with E-state index < -0.39 is 0 Å². The minimum atomic E-state index is -0.0495. The Balaban J connectivity index is 1.86. The lowest BCUT2D eigenvalue weighted by Gasteiger charge is -2.09. The van der Waals surface area contributed by atoms with Crippen LogP contribution in [0.4, 0.5) is 5.69 Å². The highest BCUT2D eigenvalue weighted by molar-refractivity contribution is 7.97. The molecule has 1 amide bonds. The van der Waals surface area contributed by atoms with Crippen LogP contribution in [0.1, 0.15) is 23.0 Å². The summed E-state index contributed by atoms with van der Waals surface area (Å²) in [5, 5.41) is 5.08. The van der Waals surface area contributed by atoms with E-state index in [1.807, 2.05) is 24.3 Å². The van der Waals surface area contributed by atoms with Gasteiger partial charge in [-0.25, -0.2) is 0 Å². The third kappa shape index (κ3) is 2.91. The van der Waals surface area contributed by atoms with Crippen LogP contribution in [0.25, 0.3) is 10.2 Å². The lowest BCUT2D eigenvalue weighted by atomic mass is 10.2. The lowest BCUT2D eigenvalue weighted by molar-refractivity contribution is 0.101. The molecule has 3 rings (SSSR count). The molecule has 114 valence electrons. The van der Waals surface area contributed by atoms with E-state index in [0.29, 0.717) is 0 Å². The smallest absolute Gasteiger partial charge is 0.272 e. The minimum Gasteiger partial charge on any atom is -0.336 e. The minimum absolute atomic E-state index is 0.0495. The van der Waals surface area contributed by atoms with Gasteiger partial charge in [0.25, 0.3) is 5.91 Å². The number of carbonyl (C=O) groups is 1. The number of hydrogen-bond donors (Lipinski definition) is 1. The number of aryl methyl sites for hydroxylation is 1. The standard InChI is InChI=1S/C17H18N2OS2/c1-3-19-14-7-8-22-16(14)10-15(19)17(20)18-13-6-4-5-12(9-13)11-21-2/h4-10H,3,11H2,1-2H3,(H,18,20). The molecule has 0 aliphatic rings. The molecule has 0 fully saturated rings. The van der Waals surface area contributed by atoms with Crippen molar-refractivity contribution in [1.82, 2.24) is 4.57 Å². The van der Waals surface area contributed by atoms with Crippen LogP contribution < -0.4 is 5.32 Å². The molecule has 3 aromatic rings. The third-order valence-corrected chi connectivity index (χ3v) is 5.04. The highest BCUT2D eigenvalue weighted by Gasteiger charge is 2.15. The molecule has 3 nitrogen and oxygen atoms in total. The van der Waals surface area contributed by atoms with Gasteiger partial charge in [-0.3, -0.25) is 4.79 Å². The van der Waals surface area contributed by atoms with Crippen molar-refractivity contribution < 1.29 is 4.79 Å². The number of fused-ring (bicyclic) bond motifs is 1. The van der Waals surface area contributed by atoms with E-state index in [1.165, 1.54) is 5.56 Å². The van der Waals surface area contributed by atoms with Gasteiger partial charge < -0.3 is 9.88 Å². The molecule has 0 radical (unpaired) electrons. The highest BCUT2D eigenvalue weighted by atomic mass is 32.2. The van der Waals surface area contributed by atoms with Gasteiger partial charge in [-0.05, 0) is 48.4 Å². The van der Waals surface area contributed by atoms with Crippen LogP contribution in [0.15, 0.2) is 41.8 Å². The zero-order chi connectivity index (χ0) is 15.5. The first-order valence-electron chi connectivity index (χ1n) is 7.19. The van der Waals surface area contributed by atoms with Crippen molar-refractivity contribution in [2.45, 2.75) is 19.2 Å². The quantitative estimate of drug-likeness (QED) is 0.726. The van der Waals surface area contributed by atoms with Crippen LogP contribution in [0.2, 0.25) is 0 Å². The van der Waals surface area contributed by atoms with Crippen LogP contribution in [0.3, 0.4) is 0 Å². The van der Waals surface area contributed by atoms with Crippen molar-refractivity contribution in [2.75, 3.05) is 11.6 Å². The molecule has 1 N–H and O–H groups in total. The molecule has 0 atom stereocenters. The van der Waals surface area contributed by atoms with Crippen LogP contribution in [0, 0.1) is 0 Å². The van der Waals surface area contributed by atoms with Crippen LogP contribution in [-0.4, -0.2) is 16.7 Å². The molecule has 0 saturated heterocycles. The number of anilines is 1. The van der Waals surface area contributed by atoms with Gasteiger partial charge in [0.1, 0.15) is 5.69 Å².